The normalized spacial score (nSPS) is 22.8. The van der Waals surface area contributed by atoms with Gasteiger partial charge < -0.3 is 9.88 Å². The molecule has 1 saturated heterocycles. The van der Waals surface area contributed by atoms with Crippen molar-refractivity contribution in [1.29, 1.82) is 0 Å². The van der Waals surface area contributed by atoms with Crippen molar-refractivity contribution >= 4 is 5.91 Å². The molecule has 7 nitrogen and oxygen atoms in total. The number of H-pyrrole nitrogens is 1. The SMILES string of the molecule is CN1C[C@H](NC(=O)c2cn(C)c(=O)[nH]c2=O)CC[C@H]1C(F)(F)F. The number of aryl methyl sites for hydroxylation is 1. The minimum absolute atomic E-state index is 0.0274. The Morgan fingerprint density at radius 3 is 2.52 bits per heavy atom. The van der Waals surface area contributed by atoms with Crippen molar-refractivity contribution in [1.82, 2.24) is 19.8 Å². The Labute approximate surface area is 129 Å². The van der Waals surface area contributed by atoms with Gasteiger partial charge in [0.05, 0.1) is 0 Å². The number of piperidine rings is 1. The fraction of sp³-hybridized carbons (Fsp3) is 0.615. The van der Waals surface area contributed by atoms with Crippen molar-refractivity contribution in [3.05, 3.63) is 32.6 Å². The van der Waals surface area contributed by atoms with Crippen LogP contribution in [0.3, 0.4) is 0 Å². The molecule has 0 bridgehead atoms. The van der Waals surface area contributed by atoms with Gasteiger partial charge in [-0.1, -0.05) is 0 Å². The van der Waals surface area contributed by atoms with Gasteiger partial charge in [-0.05, 0) is 19.9 Å². The Morgan fingerprint density at radius 2 is 1.96 bits per heavy atom. The van der Waals surface area contributed by atoms with Gasteiger partial charge in [-0.15, -0.1) is 0 Å². The molecule has 2 atom stereocenters. The lowest BCUT2D eigenvalue weighted by molar-refractivity contribution is -0.188. The summed E-state index contributed by atoms with van der Waals surface area (Å²) in [5.41, 5.74) is -1.74. The van der Waals surface area contributed by atoms with E-state index in [9.17, 15) is 27.6 Å². The highest BCUT2D eigenvalue weighted by Gasteiger charge is 2.44. The number of aromatic amines is 1. The van der Waals surface area contributed by atoms with E-state index in [1.54, 1.807) is 0 Å². The summed E-state index contributed by atoms with van der Waals surface area (Å²) in [6.07, 6.45) is -3.18. The highest BCUT2D eigenvalue weighted by atomic mass is 19.4. The maximum absolute atomic E-state index is 12.8. The third kappa shape index (κ3) is 3.81. The molecule has 2 heterocycles. The van der Waals surface area contributed by atoms with Gasteiger partial charge in [-0.2, -0.15) is 13.2 Å². The molecule has 0 aromatic carbocycles. The molecule has 1 fully saturated rings. The first-order valence-corrected chi connectivity index (χ1v) is 6.97. The van der Waals surface area contributed by atoms with Crippen molar-refractivity contribution in [2.24, 2.45) is 7.05 Å². The molecule has 2 rings (SSSR count). The summed E-state index contributed by atoms with van der Waals surface area (Å²) in [4.78, 5) is 38.1. The Morgan fingerprint density at radius 1 is 1.30 bits per heavy atom. The van der Waals surface area contributed by atoms with Crippen molar-refractivity contribution in [3.63, 3.8) is 0 Å². The van der Waals surface area contributed by atoms with Crippen LogP contribution >= 0.6 is 0 Å². The van der Waals surface area contributed by atoms with E-state index in [1.807, 2.05) is 4.98 Å². The second kappa shape index (κ2) is 6.19. The van der Waals surface area contributed by atoms with Crippen LogP contribution in [0.2, 0.25) is 0 Å². The lowest BCUT2D eigenvalue weighted by atomic mass is 9.98. The van der Waals surface area contributed by atoms with E-state index in [4.69, 9.17) is 0 Å². The van der Waals surface area contributed by atoms with Crippen molar-refractivity contribution in [2.75, 3.05) is 13.6 Å². The molecule has 0 radical (unpaired) electrons. The smallest absolute Gasteiger partial charge is 0.348 e. The number of likely N-dealkylation sites (N-methyl/N-ethyl adjacent to an activating group) is 1. The lowest BCUT2D eigenvalue weighted by Gasteiger charge is -2.38. The van der Waals surface area contributed by atoms with E-state index in [-0.39, 0.29) is 24.9 Å². The first-order valence-electron chi connectivity index (χ1n) is 6.97. The zero-order chi connectivity index (χ0) is 17.4. The van der Waals surface area contributed by atoms with Gasteiger partial charge in [0.25, 0.3) is 11.5 Å². The Balaban J connectivity index is 2.07. The summed E-state index contributed by atoms with van der Waals surface area (Å²) in [6.45, 7) is 0.0274. The number of nitrogens with zero attached hydrogens (tertiary/aromatic N) is 2. The third-order valence-electron chi connectivity index (χ3n) is 3.89. The van der Waals surface area contributed by atoms with Crippen molar-refractivity contribution in [3.8, 4) is 0 Å². The zero-order valence-corrected chi connectivity index (χ0v) is 12.6. The highest BCUT2D eigenvalue weighted by molar-refractivity contribution is 5.93. The van der Waals surface area contributed by atoms with Gasteiger partial charge in [0.15, 0.2) is 0 Å². The number of alkyl halides is 3. The van der Waals surface area contributed by atoms with E-state index >= 15 is 0 Å². The predicted molar refractivity (Wildman–Crippen MR) is 75.3 cm³/mol. The number of hydrogen-bond donors (Lipinski definition) is 2. The number of aromatic nitrogens is 2. The fourth-order valence-corrected chi connectivity index (χ4v) is 2.67. The lowest BCUT2D eigenvalue weighted by Crippen LogP contribution is -2.55. The van der Waals surface area contributed by atoms with Crippen LogP contribution in [0.5, 0.6) is 0 Å². The van der Waals surface area contributed by atoms with Gasteiger partial charge in [0.2, 0.25) is 0 Å². The van der Waals surface area contributed by atoms with Gasteiger partial charge in [0.1, 0.15) is 11.6 Å². The van der Waals surface area contributed by atoms with Gasteiger partial charge in [0, 0.05) is 25.8 Å². The van der Waals surface area contributed by atoms with Crippen LogP contribution in [-0.2, 0) is 7.05 Å². The number of carbonyl (C=O) groups excluding carboxylic acids is 1. The Bertz CT molecular complexity index is 710. The highest BCUT2D eigenvalue weighted by Crippen LogP contribution is 2.30. The summed E-state index contributed by atoms with van der Waals surface area (Å²) >= 11 is 0. The molecular weight excluding hydrogens is 317 g/mol. The minimum atomic E-state index is -4.31. The van der Waals surface area contributed by atoms with E-state index in [1.165, 1.54) is 14.1 Å². The molecule has 10 heteroatoms. The summed E-state index contributed by atoms with van der Waals surface area (Å²) in [5, 5.41) is 2.54. The number of likely N-dealkylation sites (tertiary alicyclic amines) is 1. The van der Waals surface area contributed by atoms with Crippen LogP contribution in [0, 0.1) is 0 Å². The maximum Gasteiger partial charge on any atom is 0.404 e. The zero-order valence-electron chi connectivity index (χ0n) is 12.6. The van der Waals surface area contributed by atoms with Crippen LogP contribution in [0.4, 0.5) is 13.2 Å². The molecule has 0 saturated carbocycles. The maximum atomic E-state index is 12.8. The number of hydrogen-bond acceptors (Lipinski definition) is 4. The molecule has 1 amide bonds. The second-order valence-corrected chi connectivity index (χ2v) is 5.66. The van der Waals surface area contributed by atoms with Crippen LogP contribution in [0.25, 0.3) is 0 Å². The molecule has 1 aromatic rings. The van der Waals surface area contributed by atoms with Gasteiger partial charge in [-0.25, -0.2) is 4.79 Å². The standard InChI is InChI=1S/C13H17F3N4O3/c1-19-5-7(3-4-9(19)13(14,15)16)17-10(21)8-6-20(2)12(23)18-11(8)22/h6-7,9H,3-5H2,1-2H3,(H,17,21)(H,18,22,23)/t7-,9+/m1/s1. The quantitative estimate of drug-likeness (QED) is 0.786. The summed E-state index contributed by atoms with van der Waals surface area (Å²) in [5.74, 6) is -0.717. The molecular formula is C13H17F3N4O3. The van der Waals surface area contributed by atoms with E-state index in [0.717, 1.165) is 15.7 Å². The molecule has 2 N–H and O–H groups in total. The monoisotopic (exact) mass is 334 g/mol. The van der Waals surface area contributed by atoms with Gasteiger partial charge >= 0.3 is 11.9 Å². The first kappa shape index (κ1) is 17.3. The van der Waals surface area contributed by atoms with Crippen LogP contribution in [-0.4, -0.2) is 52.2 Å². The average Bonchev–Trinajstić information content (AvgIpc) is 2.41. The Hall–Kier alpha value is -2.10. The van der Waals surface area contributed by atoms with E-state index < -0.39 is 35.4 Å². The van der Waals surface area contributed by atoms with Crippen LogP contribution < -0.4 is 16.6 Å². The number of rotatable bonds is 2. The van der Waals surface area contributed by atoms with E-state index in [2.05, 4.69) is 5.32 Å². The topological polar surface area (TPSA) is 87.2 Å². The minimum Gasteiger partial charge on any atom is -0.348 e. The van der Waals surface area contributed by atoms with Crippen molar-refractivity contribution in [2.45, 2.75) is 31.1 Å². The predicted octanol–water partition coefficient (Wildman–Crippen LogP) is -0.172. The molecule has 1 aliphatic heterocycles. The van der Waals surface area contributed by atoms with E-state index in [0.29, 0.717) is 0 Å². The largest absolute Gasteiger partial charge is 0.404 e. The average molecular weight is 334 g/mol. The molecule has 0 unspecified atom stereocenters. The molecule has 0 spiro atoms. The molecule has 23 heavy (non-hydrogen) atoms. The second-order valence-electron chi connectivity index (χ2n) is 5.66. The third-order valence-corrected chi connectivity index (χ3v) is 3.89. The molecule has 1 aromatic heterocycles. The van der Waals surface area contributed by atoms with Crippen LogP contribution in [0.15, 0.2) is 15.8 Å². The number of amides is 1. The number of halogens is 3. The summed E-state index contributed by atoms with van der Waals surface area (Å²) in [7, 11) is 2.72. The van der Waals surface area contributed by atoms with Crippen LogP contribution in [0.1, 0.15) is 23.2 Å². The number of carbonyl (C=O) groups is 1. The molecule has 0 aliphatic carbocycles. The number of nitrogens with one attached hydrogen (secondary N) is 2. The summed E-state index contributed by atoms with van der Waals surface area (Å²) < 4.78 is 39.4. The summed E-state index contributed by atoms with van der Waals surface area (Å²) in [6, 6.07) is -2.03. The fourth-order valence-electron chi connectivity index (χ4n) is 2.67. The van der Waals surface area contributed by atoms with Gasteiger partial charge in [-0.3, -0.25) is 19.5 Å². The molecule has 1 aliphatic rings. The Kier molecular flexibility index (Phi) is 4.64. The van der Waals surface area contributed by atoms with Crippen molar-refractivity contribution < 1.29 is 18.0 Å². The first-order chi connectivity index (χ1) is 10.6. The molecule has 128 valence electrons.